The van der Waals surface area contributed by atoms with Crippen molar-refractivity contribution in [1.82, 2.24) is 14.8 Å². The molecule has 1 aromatic heterocycles. The minimum absolute atomic E-state index is 0.0961. The lowest BCUT2D eigenvalue weighted by Crippen LogP contribution is -2.68. The number of carbonyl (C=O) groups excluding carboxylic acids is 1. The van der Waals surface area contributed by atoms with E-state index in [0.717, 1.165) is 43.9 Å². The summed E-state index contributed by atoms with van der Waals surface area (Å²) in [6.45, 7) is 4.08. The van der Waals surface area contributed by atoms with E-state index in [1.807, 2.05) is 47.6 Å². The maximum Gasteiger partial charge on any atom is 0.264 e. The number of benzene rings is 1. The van der Waals surface area contributed by atoms with E-state index in [1.54, 1.807) is 0 Å². The van der Waals surface area contributed by atoms with Gasteiger partial charge in [0.25, 0.3) is 5.91 Å². The molecule has 1 spiro atoms. The Hall–Kier alpha value is -2.44. The third kappa shape index (κ3) is 3.94. The van der Waals surface area contributed by atoms with Crippen molar-refractivity contribution in [2.75, 3.05) is 33.3 Å². The minimum Gasteiger partial charge on any atom is -0.480 e. The minimum atomic E-state index is -0.378. The molecule has 6 heteroatoms. The van der Waals surface area contributed by atoms with Gasteiger partial charge >= 0.3 is 0 Å². The van der Waals surface area contributed by atoms with Crippen LogP contribution in [0.5, 0.6) is 5.75 Å². The van der Waals surface area contributed by atoms with E-state index in [0.29, 0.717) is 25.4 Å². The van der Waals surface area contributed by atoms with Gasteiger partial charge in [-0.2, -0.15) is 0 Å². The zero-order valence-electron chi connectivity index (χ0n) is 17.5. The molecule has 158 valence electrons. The van der Waals surface area contributed by atoms with Crippen molar-refractivity contribution in [3.05, 3.63) is 59.9 Å². The monoisotopic (exact) mass is 407 g/mol. The van der Waals surface area contributed by atoms with Crippen LogP contribution in [-0.2, 0) is 22.5 Å². The molecule has 6 nitrogen and oxygen atoms in total. The van der Waals surface area contributed by atoms with Gasteiger partial charge in [-0.15, -0.1) is 0 Å². The standard InChI is InChI=1S/C24H29N3O3/c1-26(13-18-5-4-10-25-12-18)14-19-8-9-24(29-15-19)16-27(17-24)23(28)22-11-20-6-2-3-7-21(20)30-22/h2-7,10,12,19,22H,8-9,11,13-17H2,1H3/t19-,22-/m1/s1. The first-order chi connectivity index (χ1) is 14.6. The molecule has 0 N–H and O–H groups in total. The summed E-state index contributed by atoms with van der Waals surface area (Å²) in [5.74, 6) is 1.48. The number of hydrogen-bond donors (Lipinski definition) is 0. The zero-order valence-corrected chi connectivity index (χ0v) is 17.5. The van der Waals surface area contributed by atoms with Gasteiger partial charge in [0.05, 0.1) is 19.7 Å². The fourth-order valence-corrected chi connectivity index (χ4v) is 4.95. The number of fused-ring (bicyclic) bond motifs is 1. The molecule has 2 fully saturated rings. The highest BCUT2D eigenvalue weighted by atomic mass is 16.5. The van der Waals surface area contributed by atoms with Crippen LogP contribution < -0.4 is 4.74 Å². The first kappa shape index (κ1) is 19.5. The summed E-state index contributed by atoms with van der Waals surface area (Å²) in [4.78, 5) is 21.3. The van der Waals surface area contributed by atoms with E-state index in [2.05, 4.69) is 23.0 Å². The fourth-order valence-electron chi connectivity index (χ4n) is 4.95. The van der Waals surface area contributed by atoms with Crippen molar-refractivity contribution in [1.29, 1.82) is 0 Å². The zero-order chi connectivity index (χ0) is 20.6. The van der Waals surface area contributed by atoms with Crippen LogP contribution in [0.2, 0.25) is 0 Å². The second kappa shape index (κ2) is 8.00. The SMILES string of the molecule is CN(Cc1cccnc1)C[C@H]1CCC2(CN(C(=O)[C@H]3Cc4ccccc4O3)C2)OC1. The lowest BCUT2D eigenvalue weighted by molar-refractivity contribution is -0.193. The molecule has 30 heavy (non-hydrogen) atoms. The molecule has 0 bridgehead atoms. The number of rotatable bonds is 5. The average Bonchev–Trinajstić information content (AvgIpc) is 3.17. The molecule has 0 unspecified atom stereocenters. The number of pyridine rings is 1. The number of nitrogens with zero attached hydrogens (tertiary/aromatic N) is 3. The Morgan fingerprint density at radius 2 is 2.13 bits per heavy atom. The fraction of sp³-hybridized carbons (Fsp3) is 0.500. The topological polar surface area (TPSA) is 54.9 Å². The normalized spacial score (nSPS) is 24.4. The Balaban J connectivity index is 1.07. The van der Waals surface area contributed by atoms with Crippen LogP contribution in [0.25, 0.3) is 0 Å². The van der Waals surface area contributed by atoms with Crippen molar-refractivity contribution < 1.29 is 14.3 Å². The van der Waals surface area contributed by atoms with Gasteiger partial charge in [0.2, 0.25) is 0 Å². The molecule has 2 saturated heterocycles. The molecule has 1 aromatic carbocycles. The number of aromatic nitrogens is 1. The number of hydrogen-bond acceptors (Lipinski definition) is 5. The van der Waals surface area contributed by atoms with E-state index in [1.165, 1.54) is 5.56 Å². The quantitative estimate of drug-likeness (QED) is 0.762. The highest BCUT2D eigenvalue weighted by Gasteiger charge is 2.50. The van der Waals surface area contributed by atoms with Crippen LogP contribution in [0.1, 0.15) is 24.0 Å². The van der Waals surface area contributed by atoms with Crippen LogP contribution in [0.3, 0.4) is 0 Å². The van der Waals surface area contributed by atoms with Crippen molar-refractivity contribution in [2.45, 2.75) is 37.5 Å². The second-order valence-electron chi connectivity index (χ2n) is 9.07. The van der Waals surface area contributed by atoms with E-state index < -0.39 is 0 Å². The van der Waals surface area contributed by atoms with E-state index in [4.69, 9.17) is 9.47 Å². The summed E-state index contributed by atoms with van der Waals surface area (Å²) in [6.07, 6.45) is 6.19. The van der Waals surface area contributed by atoms with Crippen molar-refractivity contribution in [2.24, 2.45) is 5.92 Å². The molecule has 3 aliphatic heterocycles. The van der Waals surface area contributed by atoms with Gasteiger partial charge in [0.1, 0.15) is 11.4 Å². The van der Waals surface area contributed by atoms with Crippen LogP contribution in [-0.4, -0.2) is 65.7 Å². The lowest BCUT2D eigenvalue weighted by Gasteiger charge is -2.53. The molecule has 0 saturated carbocycles. The van der Waals surface area contributed by atoms with Crippen LogP contribution in [0, 0.1) is 5.92 Å². The van der Waals surface area contributed by atoms with Gasteiger partial charge in [-0.1, -0.05) is 24.3 Å². The summed E-state index contributed by atoms with van der Waals surface area (Å²) in [5.41, 5.74) is 2.22. The van der Waals surface area contributed by atoms with E-state index in [-0.39, 0.29) is 17.6 Å². The molecule has 2 aromatic rings. The van der Waals surface area contributed by atoms with Gasteiger partial charge in [-0.05, 0) is 49.1 Å². The molecule has 0 aliphatic carbocycles. The molecular weight excluding hydrogens is 378 g/mol. The van der Waals surface area contributed by atoms with Crippen LogP contribution >= 0.6 is 0 Å². The smallest absolute Gasteiger partial charge is 0.264 e. The van der Waals surface area contributed by atoms with Crippen LogP contribution in [0.15, 0.2) is 48.8 Å². The van der Waals surface area contributed by atoms with Crippen molar-refractivity contribution in [3.8, 4) is 5.75 Å². The third-order valence-electron chi connectivity index (χ3n) is 6.57. The maximum atomic E-state index is 12.8. The molecule has 5 rings (SSSR count). The van der Waals surface area contributed by atoms with Gasteiger partial charge in [0.15, 0.2) is 6.10 Å². The van der Waals surface area contributed by atoms with Crippen LogP contribution in [0.4, 0.5) is 0 Å². The second-order valence-corrected chi connectivity index (χ2v) is 9.07. The third-order valence-corrected chi connectivity index (χ3v) is 6.57. The summed E-state index contributed by atoms with van der Waals surface area (Å²) >= 11 is 0. The van der Waals surface area contributed by atoms with E-state index in [9.17, 15) is 4.79 Å². The van der Waals surface area contributed by atoms with Crippen molar-refractivity contribution in [3.63, 3.8) is 0 Å². The Bertz CT molecular complexity index is 863. The van der Waals surface area contributed by atoms with Gasteiger partial charge < -0.3 is 19.3 Å². The highest BCUT2D eigenvalue weighted by Crippen LogP contribution is 2.38. The Kier molecular flexibility index (Phi) is 5.21. The lowest BCUT2D eigenvalue weighted by atomic mass is 9.82. The summed E-state index contributed by atoms with van der Waals surface area (Å²) in [7, 11) is 2.15. The molecule has 2 atom stereocenters. The maximum absolute atomic E-state index is 12.8. The highest BCUT2D eigenvalue weighted by molar-refractivity contribution is 5.83. The first-order valence-electron chi connectivity index (χ1n) is 10.8. The summed E-state index contributed by atoms with van der Waals surface area (Å²) < 4.78 is 12.2. The number of ether oxygens (including phenoxy) is 2. The predicted molar refractivity (Wildman–Crippen MR) is 113 cm³/mol. The Morgan fingerprint density at radius 3 is 2.87 bits per heavy atom. The summed E-state index contributed by atoms with van der Waals surface area (Å²) in [5, 5.41) is 0. The number of para-hydroxylation sites is 1. The summed E-state index contributed by atoms with van der Waals surface area (Å²) in [6, 6.07) is 12.0. The molecule has 3 aliphatic rings. The predicted octanol–water partition coefficient (Wildman–Crippen LogP) is 2.52. The average molecular weight is 408 g/mol. The molecule has 4 heterocycles. The molecule has 1 amide bonds. The Morgan fingerprint density at radius 1 is 1.27 bits per heavy atom. The van der Waals surface area contributed by atoms with Crippen molar-refractivity contribution >= 4 is 5.91 Å². The molecular formula is C24H29N3O3. The number of likely N-dealkylation sites (tertiary alicyclic amines) is 1. The molecule has 0 radical (unpaired) electrons. The number of amides is 1. The first-order valence-corrected chi connectivity index (χ1v) is 10.8. The van der Waals surface area contributed by atoms with E-state index >= 15 is 0 Å². The van der Waals surface area contributed by atoms with Gasteiger partial charge in [0, 0.05) is 31.9 Å². The Labute approximate surface area is 177 Å². The van der Waals surface area contributed by atoms with Gasteiger partial charge in [-0.25, -0.2) is 0 Å². The number of carbonyl (C=O) groups is 1. The largest absolute Gasteiger partial charge is 0.480 e. The van der Waals surface area contributed by atoms with Gasteiger partial charge in [-0.3, -0.25) is 9.78 Å².